The molecule has 1 saturated heterocycles. The highest BCUT2D eigenvalue weighted by atomic mass is 16.5. The Morgan fingerprint density at radius 3 is 2.55 bits per heavy atom. The van der Waals surface area contributed by atoms with Crippen LogP contribution in [-0.4, -0.2) is 48.9 Å². The van der Waals surface area contributed by atoms with Crippen LogP contribution in [0.2, 0.25) is 0 Å². The second-order valence-electron chi connectivity index (χ2n) is 5.36. The predicted molar refractivity (Wildman–Crippen MR) is 80.1 cm³/mol. The monoisotopic (exact) mass is 307 g/mol. The van der Waals surface area contributed by atoms with E-state index >= 15 is 0 Å². The van der Waals surface area contributed by atoms with Crippen LogP contribution in [0, 0.1) is 0 Å². The molecule has 2 rings (SSSR count). The first-order valence-electron chi connectivity index (χ1n) is 7.28. The first-order valence-corrected chi connectivity index (χ1v) is 7.28. The SMILES string of the molecule is COC(=O)C(CC1CCCN1C(=O)O)c1ccc(OC)cc1. The lowest BCUT2D eigenvalue weighted by molar-refractivity contribution is -0.142. The van der Waals surface area contributed by atoms with Crippen LogP contribution in [-0.2, 0) is 9.53 Å². The minimum Gasteiger partial charge on any atom is -0.497 e. The van der Waals surface area contributed by atoms with E-state index in [4.69, 9.17) is 9.47 Å². The van der Waals surface area contributed by atoms with Gasteiger partial charge in [0.25, 0.3) is 0 Å². The van der Waals surface area contributed by atoms with Crippen LogP contribution in [0.15, 0.2) is 24.3 Å². The van der Waals surface area contributed by atoms with Gasteiger partial charge in [0.05, 0.1) is 20.1 Å². The number of hydrogen-bond acceptors (Lipinski definition) is 4. The Balaban J connectivity index is 2.18. The maximum Gasteiger partial charge on any atom is 0.407 e. The van der Waals surface area contributed by atoms with E-state index in [2.05, 4.69) is 0 Å². The normalized spacial score (nSPS) is 18.8. The van der Waals surface area contributed by atoms with Gasteiger partial charge in [0.2, 0.25) is 0 Å². The highest BCUT2D eigenvalue weighted by molar-refractivity contribution is 5.78. The Morgan fingerprint density at radius 1 is 1.32 bits per heavy atom. The summed E-state index contributed by atoms with van der Waals surface area (Å²) < 4.78 is 10.0. The van der Waals surface area contributed by atoms with E-state index in [9.17, 15) is 14.7 Å². The van der Waals surface area contributed by atoms with Crippen molar-refractivity contribution in [2.24, 2.45) is 0 Å². The summed E-state index contributed by atoms with van der Waals surface area (Å²) in [5, 5.41) is 9.22. The molecule has 1 amide bonds. The molecular weight excluding hydrogens is 286 g/mol. The van der Waals surface area contributed by atoms with E-state index in [1.807, 2.05) is 12.1 Å². The van der Waals surface area contributed by atoms with E-state index in [1.165, 1.54) is 12.0 Å². The molecule has 2 atom stereocenters. The van der Waals surface area contributed by atoms with Crippen molar-refractivity contribution in [2.45, 2.75) is 31.2 Å². The number of ether oxygens (including phenoxy) is 2. The van der Waals surface area contributed by atoms with Crippen LogP contribution in [0.25, 0.3) is 0 Å². The van der Waals surface area contributed by atoms with E-state index in [0.29, 0.717) is 18.7 Å². The van der Waals surface area contributed by atoms with Crippen LogP contribution in [0.3, 0.4) is 0 Å². The third kappa shape index (κ3) is 3.50. The molecule has 1 aromatic rings. The van der Waals surface area contributed by atoms with Crippen LogP contribution in [0.1, 0.15) is 30.7 Å². The van der Waals surface area contributed by atoms with E-state index in [1.54, 1.807) is 19.2 Å². The molecule has 1 N–H and O–H groups in total. The minimum atomic E-state index is -0.930. The van der Waals surface area contributed by atoms with Crippen molar-refractivity contribution >= 4 is 12.1 Å². The molecule has 0 aromatic heterocycles. The van der Waals surface area contributed by atoms with Gasteiger partial charge in [-0.15, -0.1) is 0 Å². The number of benzene rings is 1. The fourth-order valence-corrected chi connectivity index (χ4v) is 2.95. The summed E-state index contributed by atoms with van der Waals surface area (Å²) in [6, 6.07) is 7.06. The summed E-state index contributed by atoms with van der Waals surface area (Å²) >= 11 is 0. The molecule has 2 unspecified atom stereocenters. The minimum absolute atomic E-state index is 0.149. The molecule has 1 aromatic carbocycles. The molecule has 6 heteroatoms. The number of nitrogens with zero attached hydrogens (tertiary/aromatic N) is 1. The maximum atomic E-state index is 12.1. The quantitative estimate of drug-likeness (QED) is 0.846. The fraction of sp³-hybridized carbons (Fsp3) is 0.500. The molecule has 6 nitrogen and oxygen atoms in total. The topological polar surface area (TPSA) is 76.1 Å². The molecule has 0 spiro atoms. The molecule has 1 aliphatic rings. The number of carbonyl (C=O) groups is 2. The zero-order chi connectivity index (χ0) is 16.1. The van der Waals surface area contributed by atoms with Crippen LogP contribution < -0.4 is 4.74 Å². The third-order valence-electron chi connectivity index (χ3n) is 4.13. The van der Waals surface area contributed by atoms with Gasteiger partial charge in [-0.2, -0.15) is 0 Å². The Bertz CT molecular complexity index is 528. The van der Waals surface area contributed by atoms with Gasteiger partial charge in [-0.05, 0) is 37.0 Å². The van der Waals surface area contributed by atoms with Gasteiger partial charge in [0.1, 0.15) is 5.75 Å². The maximum absolute atomic E-state index is 12.1. The molecule has 1 heterocycles. The number of hydrogen-bond donors (Lipinski definition) is 1. The molecule has 0 aliphatic carbocycles. The predicted octanol–water partition coefficient (Wildman–Crippen LogP) is 2.48. The standard InChI is InChI=1S/C16H21NO5/c1-21-13-7-5-11(6-8-13)14(15(18)22-2)10-12-4-3-9-17(12)16(19)20/h5-8,12,14H,3-4,9-10H2,1-2H3,(H,19,20). The van der Waals surface area contributed by atoms with Crippen molar-refractivity contribution in [3.8, 4) is 5.75 Å². The zero-order valence-corrected chi connectivity index (χ0v) is 12.8. The summed E-state index contributed by atoms with van der Waals surface area (Å²) in [5.41, 5.74) is 0.810. The van der Waals surface area contributed by atoms with Gasteiger partial charge < -0.3 is 19.5 Å². The van der Waals surface area contributed by atoms with Crippen LogP contribution in [0.4, 0.5) is 4.79 Å². The van der Waals surface area contributed by atoms with Gasteiger partial charge >= 0.3 is 12.1 Å². The van der Waals surface area contributed by atoms with Crippen LogP contribution in [0.5, 0.6) is 5.75 Å². The zero-order valence-electron chi connectivity index (χ0n) is 12.8. The number of rotatable bonds is 5. The highest BCUT2D eigenvalue weighted by Crippen LogP contribution is 2.30. The summed E-state index contributed by atoms with van der Waals surface area (Å²) in [6.07, 6.45) is 1.11. The van der Waals surface area contributed by atoms with Crippen molar-refractivity contribution in [3.63, 3.8) is 0 Å². The largest absolute Gasteiger partial charge is 0.497 e. The lowest BCUT2D eigenvalue weighted by Crippen LogP contribution is -2.36. The Hall–Kier alpha value is -2.24. The summed E-state index contributed by atoms with van der Waals surface area (Å²) in [5.74, 6) is -0.108. The molecule has 0 bridgehead atoms. The molecule has 0 saturated carbocycles. The summed E-state index contributed by atoms with van der Waals surface area (Å²) in [7, 11) is 2.93. The Labute approximate surface area is 129 Å². The number of carbonyl (C=O) groups excluding carboxylic acids is 1. The Morgan fingerprint density at radius 2 is 2.00 bits per heavy atom. The van der Waals surface area contributed by atoms with Crippen molar-refractivity contribution < 1.29 is 24.2 Å². The lowest BCUT2D eigenvalue weighted by Gasteiger charge is -2.25. The number of esters is 1. The van der Waals surface area contributed by atoms with Crippen molar-refractivity contribution in [1.82, 2.24) is 4.90 Å². The molecular formula is C16H21NO5. The average molecular weight is 307 g/mol. The average Bonchev–Trinajstić information content (AvgIpc) is 3.00. The Kier molecular flexibility index (Phi) is 5.25. The number of methoxy groups -OCH3 is 2. The smallest absolute Gasteiger partial charge is 0.407 e. The first-order chi connectivity index (χ1) is 10.6. The number of carboxylic acid groups (broad SMARTS) is 1. The third-order valence-corrected chi connectivity index (χ3v) is 4.13. The lowest BCUT2D eigenvalue weighted by atomic mass is 9.91. The molecule has 120 valence electrons. The molecule has 22 heavy (non-hydrogen) atoms. The molecule has 0 radical (unpaired) electrons. The van der Waals surface area contributed by atoms with E-state index in [0.717, 1.165) is 18.4 Å². The van der Waals surface area contributed by atoms with Crippen molar-refractivity contribution in [2.75, 3.05) is 20.8 Å². The van der Waals surface area contributed by atoms with E-state index < -0.39 is 12.0 Å². The van der Waals surface area contributed by atoms with Crippen molar-refractivity contribution in [3.05, 3.63) is 29.8 Å². The second-order valence-corrected chi connectivity index (χ2v) is 5.36. The summed E-state index contributed by atoms with van der Waals surface area (Å²) in [6.45, 7) is 0.524. The fourth-order valence-electron chi connectivity index (χ4n) is 2.95. The summed E-state index contributed by atoms with van der Waals surface area (Å²) in [4.78, 5) is 24.8. The van der Waals surface area contributed by atoms with Gasteiger partial charge in [-0.1, -0.05) is 12.1 Å². The van der Waals surface area contributed by atoms with Crippen molar-refractivity contribution in [1.29, 1.82) is 0 Å². The first kappa shape index (κ1) is 16.1. The molecule has 1 fully saturated rings. The second kappa shape index (κ2) is 7.15. The highest BCUT2D eigenvalue weighted by Gasteiger charge is 2.33. The van der Waals surface area contributed by atoms with Gasteiger partial charge in [0, 0.05) is 12.6 Å². The number of likely N-dealkylation sites (tertiary alicyclic amines) is 1. The van der Waals surface area contributed by atoms with Crippen LogP contribution >= 0.6 is 0 Å². The van der Waals surface area contributed by atoms with Gasteiger partial charge in [0.15, 0.2) is 0 Å². The van der Waals surface area contributed by atoms with Gasteiger partial charge in [-0.25, -0.2) is 4.79 Å². The van der Waals surface area contributed by atoms with E-state index in [-0.39, 0.29) is 12.0 Å². The van der Waals surface area contributed by atoms with Gasteiger partial charge in [-0.3, -0.25) is 4.79 Å². The molecule has 1 aliphatic heterocycles. The number of amides is 1.